The van der Waals surface area contributed by atoms with Crippen molar-refractivity contribution in [1.29, 1.82) is 0 Å². The van der Waals surface area contributed by atoms with E-state index < -0.39 is 0 Å². The van der Waals surface area contributed by atoms with Gasteiger partial charge in [-0.1, -0.05) is 18.6 Å². The molecule has 0 bridgehead atoms. The van der Waals surface area contributed by atoms with Gasteiger partial charge in [0.05, 0.1) is 31.3 Å². The number of rotatable bonds is 5. The Labute approximate surface area is 166 Å². The smallest absolute Gasteiger partial charge is 0.204 e. The number of allylic oxidation sites excluding steroid dienone is 2. The molecule has 1 N–H and O–H groups in total. The number of phenols is 1. The molecule has 6 nitrogen and oxygen atoms in total. The molecule has 0 amide bonds. The molecule has 2 aromatic carbocycles. The monoisotopic (exact) mass is 394 g/mol. The molecule has 6 heteroatoms. The quantitative estimate of drug-likeness (QED) is 0.365. The van der Waals surface area contributed by atoms with Gasteiger partial charge in [-0.05, 0) is 25.8 Å². The first-order valence-electron chi connectivity index (χ1n) is 9.39. The van der Waals surface area contributed by atoms with Crippen molar-refractivity contribution in [2.24, 2.45) is 0 Å². The highest BCUT2D eigenvalue weighted by Gasteiger charge is 2.22. The average molecular weight is 394 g/mol. The number of fused-ring (bicyclic) bond motifs is 3. The fourth-order valence-electron chi connectivity index (χ4n) is 3.60. The maximum Gasteiger partial charge on any atom is 0.204 e. The second kappa shape index (κ2) is 7.20. The SMILES string of the molecule is CCC(C)=CCc1c(OC)c(OC)cc2oc3cc4occc4c(O)c3c(=O)c12. The van der Waals surface area contributed by atoms with Gasteiger partial charge in [0.25, 0.3) is 0 Å². The Morgan fingerprint density at radius 1 is 1.14 bits per heavy atom. The van der Waals surface area contributed by atoms with E-state index in [-0.39, 0.29) is 22.1 Å². The molecule has 0 atom stereocenters. The lowest BCUT2D eigenvalue weighted by Gasteiger charge is -2.15. The highest BCUT2D eigenvalue weighted by molar-refractivity contribution is 6.04. The van der Waals surface area contributed by atoms with Crippen LogP contribution in [0.4, 0.5) is 0 Å². The lowest BCUT2D eigenvalue weighted by Crippen LogP contribution is -2.08. The Balaban J connectivity index is 2.17. The number of methoxy groups -OCH3 is 2. The van der Waals surface area contributed by atoms with Gasteiger partial charge in [0.2, 0.25) is 5.43 Å². The van der Waals surface area contributed by atoms with E-state index >= 15 is 0 Å². The van der Waals surface area contributed by atoms with Gasteiger partial charge in [-0.3, -0.25) is 4.79 Å². The Kier molecular flexibility index (Phi) is 4.70. The largest absolute Gasteiger partial charge is 0.506 e. The van der Waals surface area contributed by atoms with Gasteiger partial charge in [-0.25, -0.2) is 0 Å². The van der Waals surface area contributed by atoms with Crippen molar-refractivity contribution in [2.45, 2.75) is 26.7 Å². The first-order valence-corrected chi connectivity index (χ1v) is 9.39. The minimum Gasteiger partial charge on any atom is -0.506 e. The molecule has 4 aromatic rings. The third-order valence-corrected chi connectivity index (χ3v) is 5.31. The Morgan fingerprint density at radius 3 is 2.59 bits per heavy atom. The Hall–Kier alpha value is -3.41. The molecular formula is C23H22O6. The number of phenolic OH excluding ortho intramolecular Hbond substituents is 1. The molecule has 2 heterocycles. The molecular weight excluding hydrogens is 372 g/mol. The van der Waals surface area contributed by atoms with E-state index in [4.69, 9.17) is 18.3 Å². The molecule has 0 saturated heterocycles. The molecule has 0 fully saturated rings. The first-order chi connectivity index (χ1) is 14.0. The Morgan fingerprint density at radius 2 is 1.90 bits per heavy atom. The summed E-state index contributed by atoms with van der Waals surface area (Å²) in [7, 11) is 3.08. The normalized spacial score (nSPS) is 12.2. The summed E-state index contributed by atoms with van der Waals surface area (Å²) in [5.41, 5.74) is 2.59. The third kappa shape index (κ3) is 2.92. The van der Waals surface area contributed by atoms with Gasteiger partial charge in [-0.2, -0.15) is 0 Å². The van der Waals surface area contributed by atoms with E-state index in [1.165, 1.54) is 18.9 Å². The van der Waals surface area contributed by atoms with Gasteiger partial charge in [0.15, 0.2) is 11.5 Å². The summed E-state index contributed by atoms with van der Waals surface area (Å²) >= 11 is 0. The van der Waals surface area contributed by atoms with Crippen LogP contribution in [-0.4, -0.2) is 19.3 Å². The molecule has 150 valence electrons. The van der Waals surface area contributed by atoms with Crippen LogP contribution in [0.25, 0.3) is 32.9 Å². The molecule has 29 heavy (non-hydrogen) atoms. The van der Waals surface area contributed by atoms with Crippen molar-refractivity contribution in [2.75, 3.05) is 14.2 Å². The molecule has 0 saturated carbocycles. The second-order valence-corrected chi connectivity index (χ2v) is 6.93. The molecule has 4 rings (SSSR count). The summed E-state index contributed by atoms with van der Waals surface area (Å²) in [5, 5.41) is 11.7. The molecule has 0 unspecified atom stereocenters. The summed E-state index contributed by atoms with van der Waals surface area (Å²) in [6.45, 7) is 4.11. The number of furan rings is 1. The predicted octanol–water partition coefficient (Wildman–Crippen LogP) is 5.31. The summed E-state index contributed by atoms with van der Waals surface area (Å²) in [5.74, 6) is 0.807. The van der Waals surface area contributed by atoms with E-state index in [0.29, 0.717) is 45.4 Å². The number of aromatic hydroxyl groups is 1. The summed E-state index contributed by atoms with van der Waals surface area (Å²) in [4.78, 5) is 13.5. The molecule has 0 aliphatic rings. The van der Waals surface area contributed by atoms with E-state index in [0.717, 1.165) is 6.42 Å². The van der Waals surface area contributed by atoms with Crippen LogP contribution < -0.4 is 14.9 Å². The number of ether oxygens (including phenoxy) is 2. The Bertz CT molecular complexity index is 1320. The van der Waals surface area contributed by atoms with Crippen LogP contribution in [0.2, 0.25) is 0 Å². The minimum atomic E-state index is -0.319. The average Bonchev–Trinajstić information content (AvgIpc) is 3.19. The van der Waals surface area contributed by atoms with Gasteiger partial charge >= 0.3 is 0 Å². The maximum absolute atomic E-state index is 13.5. The molecule has 2 aromatic heterocycles. The van der Waals surface area contributed by atoms with Crippen LogP contribution in [-0.2, 0) is 6.42 Å². The summed E-state index contributed by atoms with van der Waals surface area (Å²) < 4.78 is 22.5. The minimum absolute atomic E-state index is 0.121. The summed E-state index contributed by atoms with van der Waals surface area (Å²) in [6, 6.07) is 4.87. The van der Waals surface area contributed by atoms with E-state index in [9.17, 15) is 9.90 Å². The number of benzene rings is 2. The second-order valence-electron chi connectivity index (χ2n) is 6.93. The van der Waals surface area contributed by atoms with Gasteiger partial charge in [0.1, 0.15) is 27.9 Å². The van der Waals surface area contributed by atoms with Crippen molar-refractivity contribution in [1.82, 2.24) is 0 Å². The van der Waals surface area contributed by atoms with Gasteiger partial charge in [0, 0.05) is 17.7 Å². The topological polar surface area (TPSA) is 82.0 Å². The zero-order chi connectivity index (χ0) is 20.7. The molecule has 0 spiro atoms. The number of hydrogen-bond acceptors (Lipinski definition) is 6. The zero-order valence-corrected chi connectivity index (χ0v) is 16.8. The van der Waals surface area contributed by atoms with Crippen LogP contribution in [0.3, 0.4) is 0 Å². The lowest BCUT2D eigenvalue weighted by atomic mass is 9.99. The molecule has 0 radical (unpaired) electrons. The lowest BCUT2D eigenvalue weighted by molar-refractivity contribution is 0.352. The summed E-state index contributed by atoms with van der Waals surface area (Å²) in [6.07, 6.45) is 4.89. The van der Waals surface area contributed by atoms with Crippen LogP contribution in [0.15, 0.2) is 49.7 Å². The van der Waals surface area contributed by atoms with Gasteiger partial charge < -0.3 is 23.4 Å². The predicted molar refractivity (Wildman–Crippen MR) is 112 cm³/mol. The fourth-order valence-corrected chi connectivity index (χ4v) is 3.60. The van der Waals surface area contributed by atoms with Crippen LogP contribution in [0.5, 0.6) is 17.2 Å². The fraction of sp³-hybridized carbons (Fsp3) is 0.261. The van der Waals surface area contributed by atoms with E-state index in [1.807, 2.05) is 6.92 Å². The standard InChI is InChI=1S/C23H22O6/c1-5-12(2)6-7-14-19-16(11-18(26-3)23(14)27-4)29-17-10-15-13(8-9-28-15)21(24)20(17)22(19)25/h6,8-11,24H,5,7H2,1-4H3. The number of hydrogen-bond donors (Lipinski definition) is 1. The van der Waals surface area contributed by atoms with Crippen molar-refractivity contribution in [3.05, 3.63) is 51.9 Å². The third-order valence-electron chi connectivity index (χ3n) is 5.31. The van der Waals surface area contributed by atoms with Crippen molar-refractivity contribution >= 4 is 32.9 Å². The van der Waals surface area contributed by atoms with Crippen LogP contribution >= 0.6 is 0 Å². The van der Waals surface area contributed by atoms with Crippen LogP contribution in [0, 0.1) is 0 Å². The zero-order valence-electron chi connectivity index (χ0n) is 16.8. The maximum atomic E-state index is 13.5. The highest BCUT2D eigenvalue weighted by atomic mass is 16.5. The van der Waals surface area contributed by atoms with Crippen molar-refractivity contribution < 1.29 is 23.4 Å². The van der Waals surface area contributed by atoms with Gasteiger partial charge in [-0.15, -0.1) is 0 Å². The van der Waals surface area contributed by atoms with E-state index in [1.54, 1.807) is 25.3 Å². The van der Waals surface area contributed by atoms with Crippen molar-refractivity contribution in [3.63, 3.8) is 0 Å². The van der Waals surface area contributed by atoms with E-state index in [2.05, 4.69) is 13.0 Å². The van der Waals surface area contributed by atoms with Crippen LogP contribution in [0.1, 0.15) is 25.8 Å². The first kappa shape index (κ1) is 18.9. The molecule has 0 aliphatic carbocycles. The van der Waals surface area contributed by atoms with Crippen molar-refractivity contribution in [3.8, 4) is 17.2 Å². The molecule has 0 aliphatic heterocycles. The highest BCUT2D eigenvalue weighted by Crippen LogP contribution is 2.40.